The molecule has 1 aromatic rings. The van der Waals surface area contributed by atoms with Gasteiger partial charge in [0.2, 0.25) is 0 Å². The molecule has 0 bridgehead atoms. The van der Waals surface area contributed by atoms with Gasteiger partial charge in [-0.25, -0.2) is 0 Å². The number of aliphatic hydroxyl groups is 1. The molecule has 0 fully saturated rings. The number of hydrogen-bond acceptors (Lipinski definition) is 5. The van der Waals surface area contributed by atoms with Crippen molar-refractivity contribution >= 4 is 5.97 Å². The van der Waals surface area contributed by atoms with Crippen molar-refractivity contribution in [1.82, 2.24) is 15.0 Å². The number of aryl methyl sites for hydroxylation is 2. The van der Waals surface area contributed by atoms with Crippen LogP contribution in [0.4, 0.5) is 0 Å². The Hall–Kier alpha value is -1.43. The maximum atomic E-state index is 10.6. The highest BCUT2D eigenvalue weighted by molar-refractivity contribution is 5.65. The van der Waals surface area contributed by atoms with Crippen LogP contribution in [0.5, 0.6) is 0 Å². The van der Waals surface area contributed by atoms with Gasteiger partial charge in [0.05, 0.1) is 12.3 Å². The molecule has 0 aliphatic carbocycles. The Kier molecular flexibility index (Phi) is 7.01. The van der Waals surface area contributed by atoms with Crippen molar-refractivity contribution in [2.24, 2.45) is 0 Å². The fourth-order valence-corrected chi connectivity index (χ4v) is 1.60. The SMILES string of the molecule is CC(=O)OCCCn1cc(CCCCCO)nn1. The Bertz CT molecular complexity index is 352. The Morgan fingerprint density at radius 1 is 1.39 bits per heavy atom. The second-order valence-electron chi connectivity index (χ2n) is 4.20. The summed E-state index contributed by atoms with van der Waals surface area (Å²) in [5.41, 5.74) is 0.973. The number of nitrogens with zero attached hydrogens (tertiary/aromatic N) is 3. The third kappa shape index (κ3) is 6.34. The van der Waals surface area contributed by atoms with E-state index in [2.05, 4.69) is 10.3 Å². The van der Waals surface area contributed by atoms with E-state index in [4.69, 9.17) is 9.84 Å². The van der Waals surface area contributed by atoms with Gasteiger partial charge < -0.3 is 9.84 Å². The average molecular weight is 255 g/mol. The first-order valence-corrected chi connectivity index (χ1v) is 6.35. The van der Waals surface area contributed by atoms with Crippen LogP contribution in [0.25, 0.3) is 0 Å². The lowest BCUT2D eigenvalue weighted by atomic mass is 10.2. The van der Waals surface area contributed by atoms with Crippen LogP contribution in [0, 0.1) is 0 Å². The lowest BCUT2D eigenvalue weighted by Crippen LogP contribution is -2.05. The lowest BCUT2D eigenvalue weighted by Gasteiger charge is -2.01. The van der Waals surface area contributed by atoms with Gasteiger partial charge in [0.1, 0.15) is 0 Å². The van der Waals surface area contributed by atoms with Gasteiger partial charge in [-0.3, -0.25) is 9.48 Å². The number of unbranched alkanes of at least 4 members (excludes halogenated alkanes) is 2. The van der Waals surface area contributed by atoms with Gasteiger partial charge in [-0.15, -0.1) is 5.10 Å². The number of aliphatic hydroxyl groups excluding tert-OH is 1. The highest BCUT2D eigenvalue weighted by atomic mass is 16.5. The minimum Gasteiger partial charge on any atom is -0.466 e. The fraction of sp³-hybridized carbons (Fsp3) is 0.750. The van der Waals surface area contributed by atoms with Gasteiger partial charge in [0.15, 0.2) is 0 Å². The molecule has 0 spiro atoms. The van der Waals surface area contributed by atoms with E-state index < -0.39 is 0 Å². The minimum atomic E-state index is -0.252. The van der Waals surface area contributed by atoms with Crippen molar-refractivity contribution in [1.29, 1.82) is 0 Å². The van der Waals surface area contributed by atoms with Crippen LogP contribution in [-0.4, -0.2) is 39.3 Å². The summed E-state index contributed by atoms with van der Waals surface area (Å²) in [7, 11) is 0. The molecule has 0 saturated carbocycles. The molecule has 0 aromatic carbocycles. The Balaban J connectivity index is 2.15. The smallest absolute Gasteiger partial charge is 0.302 e. The molecule has 18 heavy (non-hydrogen) atoms. The molecule has 0 aliphatic rings. The molecule has 1 rings (SSSR count). The summed E-state index contributed by atoms with van der Waals surface area (Å²) in [5.74, 6) is -0.252. The van der Waals surface area contributed by atoms with Crippen LogP contribution in [-0.2, 0) is 22.5 Å². The monoisotopic (exact) mass is 255 g/mol. The molecule has 1 aromatic heterocycles. The quantitative estimate of drug-likeness (QED) is 0.525. The van der Waals surface area contributed by atoms with Crippen molar-refractivity contribution in [3.63, 3.8) is 0 Å². The summed E-state index contributed by atoms with van der Waals surface area (Å²) < 4.78 is 6.61. The van der Waals surface area contributed by atoms with Crippen LogP contribution in [0.15, 0.2) is 6.20 Å². The van der Waals surface area contributed by atoms with Crippen LogP contribution in [0.3, 0.4) is 0 Å². The van der Waals surface area contributed by atoms with Crippen molar-refractivity contribution in [2.45, 2.75) is 45.6 Å². The number of esters is 1. The predicted molar refractivity (Wildman–Crippen MR) is 65.9 cm³/mol. The maximum Gasteiger partial charge on any atom is 0.302 e. The molecule has 1 N–H and O–H groups in total. The number of carbonyl (C=O) groups excluding carboxylic acids is 1. The highest BCUT2D eigenvalue weighted by Gasteiger charge is 2.01. The van der Waals surface area contributed by atoms with Crippen LogP contribution in [0.2, 0.25) is 0 Å². The Labute approximate surface area is 107 Å². The zero-order valence-electron chi connectivity index (χ0n) is 10.8. The summed E-state index contributed by atoms with van der Waals surface area (Å²) in [6.45, 7) is 2.78. The summed E-state index contributed by atoms with van der Waals surface area (Å²) in [6.07, 6.45) is 6.43. The zero-order chi connectivity index (χ0) is 13.2. The van der Waals surface area contributed by atoms with E-state index >= 15 is 0 Å². The third-order valence-corrected chi connectivity index (χ3v) is 2.51. The second-order valence-corrected chi connectivity index (χ2v) is 4.20. The largest absolute Gasteiger partial charge is 0.466 e. The Morgan fingerprint density at radius 3 is 2.94 bits per heavy atom. The van der Waals surface area contributed by atoms with E-state index in [1.807, 2.05) is 6.20 Å². The standard InChI is InChI=1S/C12H21N3O3/c1-11(17)18-9-5-7-15-10-12(13-14-15)6-3-2-4-8-16/h10,16H,2-9H2,1H3. The number of rotatable bonds is 9. The molecular formula is C12H21N3O3. The molecule has 0 unspecified atom stereocenters. The molecule has 6 nitrogen and oxygen atoms in total. The third-order valence-electron chi connectivity index (χ3n) is 2.51. The Morgan fingerprint density at radius 2 is 2.22 bits per heavy atom. The first-order chi connectivity index (χ1) is 8.72. The molecule has 0 radical (unpaired) electrons. The maximum absolute atomic E-state index is 10.6. The highest BCUT2D eigenvalue weighted by Crippen LogP contribution is 2.03. The van der Waals surface area contributed by atoms with E-state index in [-0.39, 0.29) is 12.6 Å². The number of hydrogen-bond donors (Lipinski definition) is 1. The average Bonchev–Trinajstić information content (AvgIpc) is 2.78. The van der Waals surface area contributed by atoms with Crippen molar-refractivity contribution in [2.75, 3.05) is 13.2 Å². The minimum absolute atomic E-state index is 0.252. The van der Waals surface area contributed by atoms with Crippen molar-refractivity contribution < 1.29 is 14.6 Å². The number of ether oxygens (including phenoxy) is 1. The van der Waals surface area contributed by atoms with Crippen LogP contribution >= 0.6 is 0 Å². The van der Waals surface area contributed by atoms with Gasteiger partial charge in [-0.05, 0) is 19.3 Å². The second kappa shape index (κ2) is 8.63. The fourth-order valence-electron chi connectivity index (χ4n) is 1.60. The van der Waals surface area contributed by atoms with Gasteiger partial charge in [0, 0.05) is 32.7 Å². The van der Waals surface area contributed by atoms with E-state index in [1.165, 1.54) is 6.92 Å². The zero-order valence-corrected chi connectivity index (χ0v) is 10.8. The van der Waals surface area contributed by atoms with Gasteiger partial charge in [0.25, 0.3) is 0 Å². The van der Waals surface area contributed by atoms with Crippen LogP contribution in [0.1, 0.15) is 38.3 Å². The molecule has 0 aliphatic heterocycles. The van der Waals surface area contributed by atoms with E-state index in [1.54, 1.807) is 4.68 Å². The van der Waals surface area contributed by atoms with Gasteiger partial charge in [-0.1, -0.05) is 11.6 Å². The van der Waals surface area contributed by atoms with Gasteiger partial charge in [-0.2, -0.15) is 0 Å². The van der Waals surface area contributed by atoms with E-state index in [9.17, 15) is 4.79 Å². The molecule has 0 amide bonds. The molecule has 0 saturated heterocycles. The molecule has 6 heteroatoms. The normalized spacial score (nSPS) is 10.6. The first-order valence-electron chi connectivity index (χ1n) is 6.35. The molecule has 1 heterocycles. The summed E-state index contributed by atoms with van der Waals surface area (Å²) in [5, 5.41) is 16.7. The van der Waals surface area contributed by atoms with Crippen LogP contribution < -0.4 is 0 Å². The lowest BCUT2D eigenvalue weighted by molar-refractivity contribution is -0.141. The first kappa shape index (κ1) is 14.6. The topological polar surface area (TPSA) is 77.2 Å². The molecular weight excluding hydrogens is 234 g/mol. The number of carbonyl (C=O) groups is 1. The predicted octanol–water partition coefficient (Wildman–Crippen LogP) is 0.936. The summed E-state index contributed by atoms with van der Waals surface area (Å²) in [6, 6.07) is 0. The van der Waals surface area contributed by atoms with Crippen molar-refractivity contribution in [3.8, 4) is 0 Å². The molecule has 102 valence electrons. The summed E-state index contributed by atoms with van der Waals surface area (Å²) in [4.78, 5) is 10.6. The number of aromatic nitrogens is 3. The van der Waals surface area contributed by atoms with Gasteiger partial charge >= 0.3 is 5.97 Å². The van der Waals surface area contributed by atoms with Crippen molar-refractivity contribution in [3.05, 3.63) is 11.9 Å². The summed E-state index contributed by atoms with van der Waals surface area (Å²) >= 11 is 0. The van der Waals surface area contributed by atoms with E-state index in [0.29, 0.717) is 13.2 Å². The van der Waals surface area contributed by atoms with E-state index in [0.717, 1.165) is 37.8 Å². The molecule has 0 atom stereocenters.